The molecule has 6 heteroatoms. The summed E-state index contributed by atoms with van der Waals surface area (Å²) >= 11 is 3.49. The molecule has 5 rings (SSSR count). The van der Waals surface area contributed by atoms with Gasteiger partial charge in [-0.3, -0.25) is 9.59 Å². The Morgan fingerprint density at radius 1 is 0.971 bits per heavy atom. The molecule has 0 aromatic heterocycles. The summed E-state index contributed by atoms with van der Waals surface area (Å²) in [5, 5.41) is 0. The van der Waals surface area contributed by atoms with Crippen LogP contribution in [-0.4, -0.2) is 65.8 Å². The third-order valence-corrected chi connectivity index (χ3v) is 9.05. The number of rotatable bonds is 6. The van der Waals surface area contributed by atoms with Crippen LogP contribution in [0.4, 0.5) is 0 Å². The first-order chi connectivity index (χ1) is 17.0. The highest BCUT2D eigenvalue weighted by Gasteiger charge is 2.48. The first-order valence-corrected chi connectivity index (χ1v) is 13.9. The van der Waals surface area contributed by atoms with Gasteiger partial charge < -0.3 is 14.7 Å². The Balaban J connectivity index is 1.20. The molecular weight excluding hydrogens is 502 g/mol. The van der Waals surface area contributed by atoms with E-state index < -0.39 is 0 Å². The molecule has 2 aromatic rings. The van der Waals surface area contributed by atoms with Gasteiger partial charge in [-0.1, -0.05) is 65.3 Å². The van der Waals surface area contributed by atoms with Gasteiger partial charge in [-0.15, -0.1) is 0 Å². The number of carbonyl (C=O) groups excluding carboxylic acids is 2. The molecular formula is C29H36BrN3O2. The first-order valence-electron chi connectivity index (χ1n) is 13.1. The predicted octanol–water partition coefficient (Wildman–Crippen LogP) is 4.92. The van der Waals surface area contributed by atoms with Crippen molar-refractivity contribution in [1.29, 1.82) is 0 Å². The van der Waals surface area contributed by atoms with E-state index in [4.69, 9.17) is 0 Å². The lowest BCUT2D eigenvalue weighted by molar-refractivity contribution is -0.139. The topological polar surface area (TPSA) is 43.9 Å². The average Bonchev–Trinajstić information content (AvgIpc) is 3.44. The zero-order chi connectivity index (χ0) is 24.4. The van der Waals surface area contributed by atoms with Crippen molar-refractivity contribution in [2.24, 2.45) is 11.3 Å². The summed E-state index contributed by atoms with van der Waals surface area (Å²) < 4.78 is 1.07. The number of likely N-dealkylation sites (tertiary alicyclic amines) is 3. The monoisotopic (exact) mass is 537 g/mol. The molecule has 0 bridgehead atoms. The molecule has 2 atom stereocenters. The van der Waals surface area contributed by atoms with Crippen molar-refractivity contribution in [3.05, 3.63) is 70.2 Å². The smallest absolute Gasteiger partial charge is 0.229 e. The highest BCUT2D eigenvalue weighted by molar-refractivity contribution is 9.10. The van der Waals surface area contributed by atoms with E-state index in [0.717, 1.165) is 63.0 Å². The summed E-state index contributed by atoms with van der Waals surface area (Å²) in [6.45, 7) is 8.13. The average molecular weight is 539 g/mol. The molecule has 3 fully saturated rings. The van der Waals surface area contributed by atoms with Crippen molar-refractivity contribution in [2.75, 3.05) is 39.3 Å². The highest BCUT2D eigenvalue weighted by atomic mass is 79.9. The van der Waals surface area contributed by atoms with Gasteiger partial charge in [0.2, 0.25) is 11.8 Å². The number of piperidine rings is 1. The second-order valence-electron chi connectivity index (χ2n) is 10.6. The number of amides is 2. The van der Waals surface area contributed by atoms with Gasteiger partial charge >= 0.3 is 0 Å². The highest BCUT2D eigenvalue weighted by Crippen LogP contribution is 2.43. The molecule has 3 aliphatic rings. The van der Waals surface area contributed by atoms with E-state index in [2.05, 4.69) is 73.1 Å². The van der Waals surface area contributed by atoms with E-state index in [0.29, 0.717) is 30.7 Å². The second kappa shape index (κ2) is 10.4. The normalized spacial score (nSPS) is 24.5. The fourth-order valence-corrected chi connectivity index (χ4v) is 6.64. The standard InChI is InChI=1S/C29H36BrN3O2/c1-2-27(34)33-20-24(26(21-33)23-6-4-3-5-7-23)19-31-15-12-29(13-16-31)14-17-32(28(29)35)18-22-8-10-25(30)11-9-22/h3-11,24,26H,2,12-21H2,1H3. The first kappa shape index (κ1) is 24.5. The van der Waals surface area contributed by atoms with Crippen molar-refractivity contribution in [3.8, 4) is 0 Å². The van der Waals surface area contributed by atoms with Crippen LogP contribution in [0, 0.1) is 11.3 Å². The van der Waals surface area contributed by atoms with Crippen LogP contribution in [0.5, 0.6) is 0 Å². The van der Waals surface area contributed by atoms with Gasteiger partial charge in [0.25, 0.3) is 0 Å². The maximum absolute atomic E-state index is 13.4. The number of benzene rings is 2. The van der Waals surface area contributed by atoms with E-state index in [1.165, 1.54) is 11.1 Å². The van der Waals surface area contributed by atoms with E-state index in [9.17, 15) is 9.59 Å². The van der Waals surface area contributed by atoms with Crippen LogP contribution in [0.25, 0.3) is 0 Å². The summed E-state index contributed by atoms with van der Waals surface area (Å²) in [6, 6.07) is 19.0. The van der Waals surface area contributed by atoms with Crippen LogP contribution >= 0.6 is 15.9 Å². The summed E-state index contributed by atoms with van der Waals surface area (Å²) in [7, 11) is 0. The molecule has 35 heavy (non-hydrogen) atoms. The van der Waals surface area contributed by atoms with Crippen molar-refractivity contribution in [2.45, 2.75) is 45.1 Å². The summed E-state index contributed by atoms with van der Waals surface area (Å²) in [5.41, 5.74) is 2.35. The molecule has 3 aliphatic heterocycles. The van der Waals surface area contributed by atoms with E-state index in [1.54, 1.807) is 0 Å². The largest absolute Gasteiger partial charge is 0.342 e. The van der Waals surface area contributed by atoms with Crippen LogP contribution in [0.2, 0.25) is 0 Å². The van der Waals surface area contributed by atoms with Gasteiger partial charge in [0, 0.05) is 49.5 Å². The minimum Gasteiger partial charge on any atom is -0.342 e. The molecule has 5 nitrogen and oxygen atoms in total. The summed E-state index contributed by atoms with van der Waals surface area (Å²) in [5.74, 6) is 1.43. The molecule has 0 radical (unpaired) electrons. The summed E-state index contributed by atoms with van der Waals surface area (Å²) in [4.78, 5) is 32.6. The third-order valence-electron chi connectivity index (χ3n) is 8.52. The molecule has 0 aliphatic carbocycles. The fourth-order valence-electron chi connectivity index (χ4n) is 6.37. The molecule has 2 aromatic carbocycles. The number of hydrogen-bond acceptors (Lipinski definition) is 3. The molecule has 0 saturated carbocycles. The quantitative estimate of drug-likeness (QED) is 0.525. The maximum Gasteiger partial charge on any atom is 0.229 e. The Hall–Kier alpha value is -2.18. The van der Waals surface area contributed by atoms with Crippen LogP contribution in [-0.2, 0) is 16.1 Å². The van der Waals surface area contributed by atoms with Gasteiger partial charge in [0.05, 0.1) is 5.41 Å². The van der Waals surface area contributed by atoms with Gasteiger partial charge in [-0.2, -0.15) is 0 Å². The molecule has 1 spiro atoms. The van der Waals surface area contributed by atoms with Gasteiger partial charge in [-0.05, 0) is 61.5 Å². The van der Waals surface area contributed by atoms with E-state index in [-0.39, 0.29) is 11.3 Å². The lowest BCUT2D eigenvalue weighted by atomic mass is 9.76. The van der Waals surface area contributed by atoms with Crippen LogP contribution in [0.15, 0.2) is 59.1 Å². The van der Waals surface area contributed by atoms with Crippen molar-refractivity contribution in [1.82, 2.24) is 14.7 Å². The number of carbonyl (C=O) groups is 2. The van der Waals surface area contributed by atoms with Crippen molar-refractivity contribution >= 4 is 27.7 Å². The Morgan fingerprint density at radius 3 is 2.34 bits per heavy atom. The maximum atomic E-state index is 13.4. The van der Waals surface area contributed by atoms with Crippen molar-refractivity contribution < 1.29 is 9.59 Å². The zero-order valence-electron chi connectivity index (χ0n) is 20.7. The second-order valence-corrected chi connectivity index (χ2v) is 11.5. The molecule has 3 heterocycles. The molecule has 186 valence electrons. The molecule has 2 amide bonds. The Morgan fingerprint density at radius 2 is 1.66 bits per heavy atom. The predicted molar refractivity (Wildman–Crippen MR) is 142 cm³/mol. The molecule has 3 saturated heterocycles. The minimum absolute atomic E-state index is 0.176. The number of nitrogens with zero attached hydrogens (tertiary/aromatic N) is 3. The lowest BCUT2D eigenvalue weighted by Crippen LogP contribution is -2.46. The number of halogens is 1. The SMILES string of the molecule is CCC(=O)N1CC(CN2CCC3(CC2)CCN(Cc2ccc(Br)cc2)C3=O)C(c2ccccc2)C1. The molecule has 0 N–H and O–H groups in total. The minimum atomic E-state index is -0.176. The molecule has 2 unspecified atom stereocenters. The summed E-state index contributed by atoms with van der Waals surface area (Å²) in [6.07, 6.45) is 3.44. The third kappa shape index (κ3) is 5.19. The van der Waals surface area contributed by atoms with Gasteiger partial charge in [0.1, 0.15) is 0 Å². The Kier molecular flexibility index (Phi) is 7.31. The Bertz CT molecular complexity index is 1030. The van der Waals surface area contributed by atoms with Gasteiger partial charge in [0.15, 0.2) is 0 Å². The Labute approximate surface area is 217 Å². The van der Waals surface area contributed by atoms with Gasteiger partial charge in [-0.25, -0.2) is 0 Å². The van der Waals surface area contributed by atoms with E-state index in [1.807, 2.05) is 19.1 Å². The zero-order valence-corrected chi connectivity index (χ0v) is 22.3. The lowest BCUT2D eigenvalue weighted by Gasteiger charge is -2.39. The van der Waals surface area contributed by atoms with Crippen LogP contribution < -0.4 is 0 Å². The van der Waals surface area contributed by atoms with Crippen molar-refractivity contribution in [3.63, 3.8) is 0 Å². The fraction of sp³-hybridized carbons (Fsp3) is 0.517. The van der Waals surface area contributed by atoms with E-state index >= 15 is 0 Å². The van der Waals surface area contributed by atoms with Crippen LogP contribution in [0.3, 0.4) is 0 Å². The number of hydrogen-bond donors (Lipinski definition) is 0. The van der Waals surface area contributed by atoms with Crippen LogP contribution in [0.1, 0.15) is 49.7 Å².